The molecule has 0 atom stereocenters. The molecule has 2 fully saturated rings. The molecule has 2 N–H and O–H groups in total. The molecule has 2 aliphatic rings. The van der Waals surface area contributed by atoms with Gasteiger partial charge in [-0.15, -0.1) is 0 Å². The van der Waals surface area contributed by atoms with Gasteiger partial charge in [-0.3, -0.25) is 9.80 Å². The van der Waals surface area contributed by atoms with Gasteiger partial charge in [-0.1, -0.05) is 32.1 Å². The zero-order valence-electron chi connectivity index (χ0n) is 14.0. The Bertz CT molecular complexity index is 279. The van der Waals surface area contributed by atoms with E-state index in [2.05, 4.69) is 30.6 Å². The lowest BCUT2D eigenvalue weighted by atomic mass is 9.82. The van der Waals surface area contributed by atoms with E-state index >= 15 is 0 Å². The number of nitrogens with zero attached hydrogens (tertiary/aromatic N) is 2. The minimum absolute atomic E-state index is 0.308. The Hall–Kier alpha value is -0.120. The zero-order valence-corrected chi connectivity index (χ0v) is 14.0. The van der Waals surface area contributed by atoms with Crippen LogP contribution in [-0.4, -0.2) is 53.6 Å². The molecule has 0 aromatic carbocycles. The van der Waals surface area contributed by atoms with Crippen molar-refractivity contribution in [3.8, 4) is 0 Å². The van der Waals surface area contributed by atoms with Crippen molar-refractivity contribution in [2.24, 2.45) is 5.73 Å². The molecule has 1 saturated carbocycles. The quantitative estimate of drug-likeness (QED) is 0.845. The third-order valence-corrected chi connectivity index (χ3v) is 5.56. The molecule has 0 radical (unpaired) electrons. The van der Waals surface area contributed by atoms with Gasteiger partial charge in [0.05, 0.1) is 0 Å². The second-order valence-corrected chi connectivity index (χ2v) is 7.84. The fourth-order valence-electron chi connectivity index (χ4n) is 4.06. The molecular formula is C17H35N3. The first-order valence-corrected chi connectivity index (χ1v) is 8.68. The first-order chi connectivity index (χ1) is 9.48. The van der Waals surface area contributed by atoms with Crippen LogP contribution in [0.25, 0.3) is 0 Å². The highest BCUT2D eigenvalue weighted by molar-refractivity contribution is 4.96. The molecule has 0 amide bonds. The van der Waals surface area contributed by atoms with Gasteiger partial charge in [-0.05, 0) is 33.6 Å². The summed E-state index contributed by atoms with van der Waals surface area (Å²) < 4.78 is 0. The Morgan fingerprint density at radius 1 is 0.850 bits per heavy atom. The van der Waals surface area contributed by atoms with Crippen molar-refractivity contribution in [1.29, 1.82) is 0 Å². The van der Waals surface area contributed by atoms with E-state index < -0.39 is 0 Å². The Morgan fingerprint density at radius 2 is 1.35 bits per heavy atom. The van der Waals surface area contributed by atoms with E-state index in [1.165, 1.54) is 71.1 Å². The van der Waals surface area contributed by atoms with Crippen molar-refractivity contribution in [3.05, 3.63) is 0 Å². The van der Waals surface area contributed by atoms with Crippen molar-refractivity contribution in [1.82, 2.24) is 9.80 Å². The van der Waals surface area contributed by atoms with E-state index in [1.54, 1.807) is 0 Å². The topological polar surface area (TPSA) is 32.5 Å². The molecule has 0 spiro atoms. The monoisotopic (exact) mass is 281 g/mol. The van der Waals surface area contributed by atoms with Crippen LogP contribution in [0.3, 0.4) is 0 Å². The number of hydrogen-bond acceptors (Lipinski definition) is 3. The molecule has 118 valence electrons. The smallest absolute Gasteiger partial charge is 0.0332 e. The highest BCUT2D eigenvalue weighted by Gasteiger charge is 2.38. The molecule has 20 heavy (non-hydrogen) atoms. The van der Waals surface area contributed by atoms with Crippen LogP contribution in [0, 0.1) is 0 Å². The SMILES string of the molecule is CC(C)(C)N1CCN(C2(CN)CCCCCCC2)CC1. The van der Waals surface area contributed by atoms with E-state index in [0.29, 0.717) is 11.1 Å². The molecular weight excluding hydrogens is 246 g/mol. The second kappa shape index (κ2) is 6.76. The summed E-state index contributed by atoms with van der Waals surface area (Å²) in [6.07, 6.45) is 9.62. The summed E-state index contributed by atoms with van der Waals surface area (Å²) in [5.74, 6) is 0. The van der Waals surface area contributed by atoms with Crippen molar-refractivity contribution in [2.45, 2.75) is 76.8 Å². The van der Waals surface area contributed by atoms with Crippen LogP contribution in [0.5, 0.6) is 0 Å². The van der Waals surface area contributed by atoms with Gasteiger partial charge in [-0.25, -0.2) is 0 Å². The van der Waals surface area contributed by atoms with Crippen LogP contribution >= 0.6 is 0 Å². The number of piperazine rings is 1. The van der Waals surface area contributed by atoms with Crippen LogP contribution in [-0.2, 0) is 0 Å². The fourth-order valence-corrected chi connectivity index (χ4v) is 4.06. The fraction of sp³-hybridized carbons (Fsp3) is 1.00. The van der Waals surface area contributed by atoms with Crippen LogP contribution in [0.2, 0.25) is 0 Å². The van der Waals surface area contributed by atoms with E-state index in [1.807, 2.05) is 0 Å². The summed E-state index contributed by atoms with van der Waals surface area (Å²) in [6, 6.07) is 0. The molecule has 3 nitrogen and oxygen atoms in total. The molecule has 1 saturated heterocycles. The molecule has 2 rings (SSSR count). The van der Waals surface area contributed by atoms with Crippen molar-refractivity contribution >= 4 is 0 Å². The molecule has 0 aromatic heterocycles. The van der Waals surface area contributed by atoms with Gasteiger partial charge in [0.25, 0.3) is 0 Å². The molecule has 1 heterocycles. The minimum atomic E-state index is 0.308. The maximum Gasteiger partial charge on any atom is 0.0332 e. The Morgan fingerprint density at radius 3 is 1.80 bits per heavy atom. The summed E-state index contributed by atoms with van der Waals surface area (Å²) in [4.78, 5) is 5.36. The lowest BCUT2D eigenvalue weighted by Crippen LogP contribution is -2.62. The van der Waals surface area contributed by atoms with Gasteiger partial charge in [0.1, 0.15) is 0 Å². The summed E-state index contributed by atoms with van der Waals surface area (Å²) in [5, 5.41) is 0. The van der Waals surface area contributed by atoms with Crippen molar-refractivity contribution < 1.29 is 0 Å². The van der Waals surface area contributed by atoms with E-state index in [4.69, 9.17) is 5.73 Å². The first kappa shape index (κ1) is 16.3. The summed E-state index contributed by atoms with van der Waals surface area (Å²) in [7, 11) is 0. The van der Waals surface area contributed by atoms with E-state index in [9.17, 15) is 0 Å². The van der Waals surface area contributed by atoms with Gasteiger partial charge in [0.2, 0.25) is 0 Å². The predicted molar refractivity (Wildman–Crippen MR) is 87.0 cm³/mol. The first-order valence-electron chi connectivity index (χ1n) is 8.68. The van der Waals surface area contributed by atoms with Crippen molar-refractivity contribution in [3.63, 3.8) is 0 Å². The average molecular weight is 281 g/mol. The summed E-state index contributed by atoms with van der Waals surface area (Å²) >= 11 is 0. The highest BCUT2D eigenvalue weighted by atomic mass is 15.3. The minimum Gasteiger partial charge on any atom is -0.329 e. The zero-order chi connectivity index (χ0) is 14.6. The molecule has 0 unspecified atom stereocenters. The molecule has 0 bridgehead atoms. The molecule has 1 aliphatic heterocycles. The predicted octanol–water partition coefficient (Wildman–Crippen LogP) is 2.84. The van der Waals surface area contributed by atoms with E-state index in [0.717, 1.165) is 6.54 Å². The van der Waals surface area contributed by atoms with Crippen LogP contribution in [0.1, 0.15) is 65.7 Å². The van der Waals surface area contributed by atoms with Gasteiger partial charge in [0, 0.05) is 43.8 Å². The molecule has 1 aliphatic carbocycles. The highest BCUT2D eigenvalue weighted by Crippen LogP contribution is 2.32. The van der Waals surface area contributed by atoms with Crippen LogP contribution in [0.15, 0.2) is 0 Å². The Balaban J connectivity index is 1.98. The van der Waals surface area contributed by atoms with Crippen molar-refractivity contribution in [2.75, 3.05) is 32.7 Å². The second-order valence-electron chi connectivity index (χ2n) is 7.84. The van der Waals surface area contributed by atoms with Gasteiger partial charge in [-0.2, -0.15) is 0 Å². The third kappa shape index (κ3) is 3.75. The Kier molecular flexibility index (Phi) is 5.49. The largest absolute Gasteiger partial charge is 0.329 e. The van der Waals surface area contributed by atoms with Crippen LogP contribution in [0.4, 0.5) is 0 Å². The third-order valence-electron chi connectivity index (χ3n) is 5.56. The molecule has 0 aromatic rings. The van der Waals surface area contributed by atoms with Gasteiger partial charge in [0.15, 0.2) is 0 Å². The molecule has 3 heteroatoms. The lowest BCUT2D eigenvalue weighted by molar-refractivity contribution is -0.00730. The maximum absolute atomic E-state index is 6.25. The number of hydrogen-bond donors (Lipinski definition) is 1. The maximum atomic E-state index is 6.25. The average Bonchev–Trinajstić information content (AvgIpc) is 2.39. The van der Waals surface area contributed by atoms with Gasteiger partial charge >= 0.3 is 0 Å². The standard InChI is InChI=1S/C17H35N3/c1-16(2,3)19-11-13-20(14-12-19)17(15-18)9-7-5-4-6-8-10-17/h4-15,18H2,1-3H3. The summed E-state index contributed by atoms with van der Waals surface area (Å²) in [6.45, 7) is 12.6. The number of rotatable bonds is 2. The summed E-state index contributed by atoms with van der Waals surface area (Å²) in [5.41, 5.74) is 6.87. The van der Waals surface area contributed by atoms with Gasteiger partial charge < -0.3 is 5.73 Å². The van der Waals surface area contributed by atoms with Crippen LogP contribution < -0.4 is 5.73 Å². The Labute approximate surface area is 125 Å². The number of nitrogens with two attached hydrogens (primary N) is 1. The normalized spacial score (nSPS) is 27.0. The van der Waals surface area contributed by atoms with E-state index in [-0.39, 0.29) is 0 Å². The lowest BCUT2D eigenvalue weighted by Gasteiger charge is -2.50.